The van der Waals surface area contributed by atoms with E-state index < -0.39 is 5.97 Å². The number of aromatic nitrogens is 1. The molecule has 0 saturated carbocycles. The Morgan fingerprint density at radius 3 is 2.21 bits per heavy atom. The van der Waals surface area contributed by atoms with E-state index in [1.807, 2.05) is 37.4 Å². The summed E-state index contributed by atoms with van der Waals surface area (Å²) in [4.78, 5) is 10.2. The van der Waals surface area contributed by atoms with Gasteiger partial charge in [-0.2, -0.15) is 0 Å². The zero-order valence-electron chi connectivity index (χ0n) is 16.5. The number of azo groups is 1. The maximum atomic E-state index is 8.89. The highest BCUT2D eigenvalue weighted by molar-refractivity contribution is 7.14. The van der Waals surface area contributed by atoms with Gasteiger partial charge in [-0.3, -0.25) is 0 Å². The largest absolute Gasteiger partial charge is 0.550 e. The van der Waals surface area contributed by atoms with Gasteiger partial charge in [0, 0.05) is 18.2 Å². The van der Waals surface area contributed by atoms with Crippen LogP contribution in [0.5, 0.6) is 0 Å². The fourth-order valence-electron chi connectivity index (χ4n) is 2.29. The highest BCUT2D eigenvalue weighted by atomic mass is 32.1. The summed E-state index contributed by atoms with van der Waals surface area (Å²) < 4.78 is 2.07. The number of aryl methyl sites for hydroxylation is 1. The van der Waals surface area contributed by atoms with Crippen LogP contribution in [-0.4, -0.2) is 5.97 Å². The zero-order chi connectivity index (χ0) is 20.5. The molecular formula is C21H24N4O2S. The molecule has 6 nitrogen and oxygen atoms in total. The van der Waals surface area contributed by atoms with E-state index in [-0.39, 0.29) is 0 Å². The molecule has 0 aliphatic heterocycles. The minimum Gasteiger partial charge on any atom is -0.550 e. The van der Waals surface area contributed by atoms with E-state index in [1.165, 1.54) is 16.1 Å². The van der Waals surface area contributed by atoms with Crippen LogP contribution >= 0.6 is 11.3 Å². The number of benzene rings is 2. The molecule has 3 rings (SSSR count). The molecule has 0 saturated heterocycles. The second kappa shape index (κ2) is 10.3. The van der Waals surface area contributed by atoms with Gasteiger partial charge < -0.3 is 15.2 Å². The number of hydrogen-bond acceptors (Lipinski definition) is 6. The van der Waals surface area contributed by atoms with Gasteiger partial charge in [0.25, 0.3) is 0 Å². The number of hydrogen-bond donors (Lipinski definition) is 1. The minimum atomic E-state index is -1.08. The fourth-order valence-corrected chi connectivity index (χ4v) is 3.21. The predicted octanol–water partition coefficient (Wildman–Crippen LogP) is 3.97. The van der Waals surface area contributed by atoms with Crippen molar-refractivity contribution >= 4 is 33.8 Å². The SMILES string of the molecule is CC(=O)[O-].Cc1sc(N=Nc2ccc(NCc3ccccc3)cc2)[n+](C)c1C. The number of thiazole rings is 1. The molecule has 2 aromatic carbocycles. The van der Waals surface area contributed by atoms with Crippen LogP contribution in [0.3, 0.4) is 0 Å². The molecule has 0 aliphatic rings. The number of nitrogens with zero attached hydrogens (tertiary/aromatic N) is 3. The monoisotopic (exact) mass is 396 g/mol. The van der Waals surface area contributed by atoms with Crippen molar-refractivity contribution in [1.29, 1.82) is 0 Å². The second-order valence-electron chi connectivity index (χ2n) is 6.16. The van der Waals surface area contributed by atoms with Gasteiger partial charge in [0.05, 0.1) is 17.0 Å². The standard InChI is InChI=1S/C19H20N4S.C2H4O2/c1-14-15(2)24-19(23(14)3)22-21-18-11-9-17(10-12-18)20-13-16-7-5-4-6-8-16;1-2(3)4/h4-12H,13H2,1-3H3;1H3,(H,3,4). The van der Waals surface area contributed by atoms with Crippen molar-refractivity contribution in [2.24, 2.45) is 17.3 Å². The van der Waals surface area contributed by atoms with E-state index in [0.717, 1.165) is 30.0 Å². The molecule has 1 heterocycles. The van der Waals surface area contributed by atoms with Crippen molar-refractivity contribution in [2.75, 3.05) is 5.32 Å². The molecule has 1 aromatic heterocycles. The van der Waals surface area contributed by atoms with Crippen LogP contribution in [0.1, 0.15) is 23.1 Å². The van der Waals surface area contributed by atoms with Crippen molar-refractivity contribution in [3.05, 3.63) is 70.7 Å². The average Bonchev–Trinajstić information content (AvgIpc) is 2.93. The first-order valence-corrected chi connectivity index (χ1v) is 9.61. The van der Waals surface area contributed by atoms with Crippen molar-refractivity contribution in [3.63, 3.8) is 0 Å². The maximum Gasteiger partial charge on any atom is 0.408 e. The van der Waals surface area contributed by atoms with Gasteiger partial charge in [-0.15, -0.1) is 0 Å². The van der Waals surface area contributed by atoms with E-state index in [4.69, 9.17) is 9.90 Å². The predicted molar refractivity (Wildman–Crippen MR) is 110 cm³/mol. The number of carboxylic acid groups (broad SMARTS) is 1. The van der Waals surface area contributed by atoms with Gasteiger partial charge >= 0.3 is 5.13 Å². The number of nitrogens with one attached hydrogen (secondary N) is 1. The number of rotatable bonds is 5. The molecule has 3 aromatic rings. The van der Waals surface area contributed by atoms with Crippen LogP contribution in [0, 0.1) is 13.8 Å². The minimum absolute atomic E-state index is 0.811. The molecule has 7 heteroatoms. The van der Waals surface area contributed by atoms with Crippen LogP contribution in [-0.2, 0) is 18.4 Å². The summed E-state index contributed by atoms with van der Waals surface area (Å²) in [5.41, 5.74) is 4.42. The normalized spacial score (nSPS) is 10.4. The third-order valence-electron chi connectivity index (χ3n) is 4.00. The lowest BCUT2D eigenvalue weighted by Gasteiger charge is -2.05. The van der Waals surface area contributed by atoms with Gasteiger partial charge in [-0.05, 0) is 67.1 Å². The molecule has 0 unspecified atom stereocenters. The van der Waals surface area contributed by atoms with Crippen molar-refractivity contribution in [2.45, 2.75) is 27.3 Å². The Kier molecular flexibility index (Phi) is 7.83. The highest BCUT2D eigenvalue weighted by Gasteiger charge is 2.15. The van der Waals surface area contributed by atoms with Gasteiger partial charge in [-0.1, -0.05) is 30.3 Å². The van der Waals surface area contributed by atoms with Gasteiger partial charge in [0.2, 0.25) is 0 Å². The summed E-state index contributed by atoms with van der Waals surface area (Å²) in [5, 5.41) is 21.9. The molecule has 1 N–H and O–H groups in total. The third kappa shape index (κ3) is 6.59. The average molecular weight is 397 g/mol. The zero-order valence-corrected chi connectivity index (χ0v) is 17.3. The number of anilines is 1. The molecule has 146 valence electrons. The van der Waals surface area contributed by atoms with Gasteiger partial charge in [0.15, 0.2) is 0 Å². The first-order valence-electron chi connectivity index (χ1n) is 8.80. The quantitative estimate of drug-likeness (QED) is 0.523. The van der Waals surface area contributed by atoms with Gasteiger partial charge in [0.1, 0.15) is 11.4 Å². The number of carboxylic acids is 1. The molecule has 0 radical (unpaired) electrons. The van der Waals surface area contributed by atoms with Crippen LogP contribution in [0.15, 0.2) is 64.8 Å². The van der Waals surface area contributed by atoms with E-state index in [2.05, 4.69) is 58.2 Å². The number of carbonyl (C=O) groups excluding carboxylic acids is 1. The molecule has 0 atom stereocenters. The summed E-state index contributed by atoms with van der Waals surface area (Å²) in [6.07, 6.45) is 0. The Morgan fingerprint density at radius 2 is 1.68 bits per heavy atom. The van der Waals surface area contributed by atoms with E-state index >= 15 is 0 Å². The Labute approximate surface area is 169 Å². The van der Waals surface area contributed by atoms with Gasteiger partial charge in [-0.25, -0.2) is 4.57 Å². The second-order valence-corrected chi connectivity index (χ2v) is 7.34. The van der Waals surface area contributed by atoms with Crippen LogP contribution < -0.4 is 15.0 Å². The summed E-state index contributed by atoms with van der Waals surface area (Å²) in [6, 6.07) is 18.4. The molecule has 0 aliphatic carbocycles. The molecule has 0 spiro atoms. The number of aliphatic carboxylic acids is 1. The summed E-state index contributed by atoms with van der Waals surface area (Å²) in [6.45, 7) is 5.98. The van der Waals surface area contributed by atoms with Crippen molar-refractivity contribution in [1.82, 2.24) is 0 Å². The lowest BCUT2D eigenvalue weighted by Crippen LogP contribution is -2.28. The number of carbonyl (C=O) groups is 1. The molecule has 0 amide bonds. The van der Waals surface area contributed by atoms with E-state index in [9.17, 15) is 0 Å². The van der Waals surface area contributed by atoms with Crippen LogP contribution in [0.25, 0.3) is 0 Å². The Balaban J connectivity index is 0.000000640. The Hall–Kier alpha value is -3.06. The fraction of sp³-hybridized carbons (Fsp3) is 0.238. The van der Waals surface area contributed by atoms with Crippen LogP contribution in [0.2, 0.25) is 0 Å². The van der Waals surface area contributed by atoms with Crippen LogP contribution in [0.4, 0.5) is 16.5 Å². The van der Waals surface area contributed by atoms with E-state index in [1.54, 1.807) is 11.3 Å². The Morgan fingerprint density at radius 1 is 1.07 bits per heavy atom. The summed E-state index contributed by atoms with van der Waals surface area (Å²) >= 11 is 1.66. The molecule has 28 heavy (non-hydrogen) atoms. The topological polar surface area (TPSA) is 80.8 Å². The summed E-state index contributed by atoms with van der Waals surface area (Å²) in [5.74, 6) is -1.08. The molecule has 0 bridgehead atoms. The first-order chi connectivity index (χ1) is 13.4. The van der Waals surface area contributed by atoms with E-state index in [0.29, 0.717) is 0 Å². The smallest absolute Gasteiger partial charge is 0.408 e. The molecule has 0 fully saturated rings. The lowest BCUT2D eigenvalue weighted by molar-refractivity contribution is -0.660. The highest BCUT2D eigenvalue weighted by Crippen LogP contribution is 2.24. The third-order valence-corrected chi connectivity index (χ3v) is 5.14. The molecular weight excluding hydrogens is 372 g/mol. The maximum absolute atomic E-state index is 8.89. The first kappa shape index (κ1) is 21.2. The Bertz CT molecular complexity index is 931. The lowest BCUT2D eigenvalue weighted by atomic mass is 10.2. The van der Waals surface area contributed by atoms with Crippen molar-refractivity contribution < 1.29 is 14.5 Å². The van der Waals surface area contributed by atoms with Crippen molar-refractivity contribution in [3.8, 4) is 0 Å². The summed E-state index contributed by atoms with van der Waals surface area (Å²) in [7, 11) is 2.02.